The van der Waals surface area contributed by atoms with E-state index in [2.05, 4.69) is 14.9 Å². The van der Waals surface area contributed by atoms with E-state index in [0.717, 1.165) is 29.2 Å². The molecule has 150 valence electrons. The zero-order chi connectivity index (χ0) is 20.4. The third-order valence-electron chi connectivity index (χ3n) is 4.93. The number of aromatic nitrogens is 2. The maximum absolute atomic E-state index is 13.1. The third-order valence-corrected chi connectivity index (χ3v) is 4.93. The van der Waals surface area contributed by atoms with Crippen LogP contribution < -0.4 is 9.80 Å². The molecule has 4 nitrogen and oxygen atoms in total. The van der Waals surface area contributed by atoms with Gasteiger partial charge in [-0.15, -0.1) is 0 Å². The molecule has 1 aliphatic heterocycles. The molecule has 0 bridgehead atoms. The predicted molar refractivity (Wildman–Crippen MR) is 103 cm³/mol. The van der Waals surface area contributed by atoms with Crippen molar-refractivity contribution in [2.45, 2.75) is 6.18 Å². The first kappa shape index (κ1) is 19.2. The van der Waals surface area contributed by atoms with E-state index in [9.17, 15) is 17.6 Å². The fourth-order valence-electron chi connectivity index (χ4n) is 3.32. The van der Waals surface area contributed by atoms with Gasteiger partial charge in [0, 0.05) is 37.4 Å². The van der Waals surface area contributed by atoms with Crippen molar-refractivity contribution in [1.82, 2.24) is 9.97 Å². The first-order valence-corrected chi connectivity index (χ1v) is 9.15. The van der Waals surface area contributed by atoms with Gasteiger partial charge in [-0.05, 0) is 48.5 Å². The van der Waals surface area contributed by atoms with E-state index in [-0.39, 0.29) is 5.82 Å². The fourth-order valence-corrected chi connectivity index (χ4v) is 3.32. The van der Waals surface area contributed by atoms with Gasteiger partial charge in [0.05, 0.1) is 23.7 Å². The largest absolute Gasteiger partial charge is 0.416 e. The van der Waals surface area contributed by atoms with Crippen molar-refractivity contribution < 1.29 is 17.6 Å². The average Bonchev–Trinajstić information content (AvgIpc) is 2.74. The molecular formula is C21H18F4N4. The average molecular weight is 402 g/mol. The highest BCUT2D eigenvalue weighted by atomic mass is 19.4. The maximum atomic E-state index is 13.1. The molecule has 1 aliphatic rings. The van der Waals surface area contributed by atoms with Gasteiger partial charge in [0.25, 0.3) is 0 Å². The van der Waals surface area contributed by atoms with Crippen LogP contribution in [0.15, 0.2) is 60.9 Å². The van der Waals surface area contributed by atoms with Gasteiger partial charge in [-0.2, -0.15) is 13.2 Å². The highest BCUT2D eigenvalue weighted by Crippen LogP contribution is 2.31. The number of nitrogens with zero attached hydrogens (tertiary/aromatic N) is 4. The summed E-state index contributed by atoms with van der Waals surface area (Å²) in [7, 11) is 0. The van der Waals surface area contributed by atoms with Crippen LogP contribution in [0.2, 0.25) is 0 Å². The zero-order valence-electron chi connectivity index (χ0n) is 15.4. The Morgan fingerprint density at radius 3 is 2.00 bits per heavy atom. The van der Waals surface area contributed by atoms with E-state index >= 15 is 0 Å². The van der Waals surface area contributed by atoms with Crippen LogP contribution in [0.25, 0.3) is 11.3 Å². The van der Waals surface area contributed by atoms with Gasteiger partial charge < -0.3 is 9.80 Å². The summed E-state index contributed by atoms with van der Waals surface area (Å²) >= 11 is 0. The number of anilines is 2. The number of hydrogen-bond donors (Lipinski definition) is 0. The summed E-state index contributed by atoms with van der Waals surface area (Å²) in [6.07, 6.45) is -1.01. The molecule has 0 radical (unpaired) electrons. The Bertz CT molecular complexity index is 963. The Hall–Kier alpha value is -3.16. The summed E-state index contributed by atoms with van der Waals surface area (Å²) in [5.74, 6) is 0.413. The molecule has 0 N–H and O–H groups in total. The Morgan fingerprint density at radius 2 is 1.38 bits per heavy atom. The molecule has 0 atom stereocenters. The minimum Gasteiger partial charge on any atom is -0.368 e. The summed E-state index contributed by atoms with van der Waals surface area (Å²) < 4.78 is 51.3. The summed E-state index contributed by atoms with van der Waals surface area (Å²) in [4.78, 5) is 13.0. The standard InChI is InChI=1S/C21H18F4N4/c22-17-5-1-15(2-6-17)19-13-26-14-20(27-19)29-11-9-28(10-12-29)18-7-3-16(4-8-18)21(23,24)25/h1-8,13-14H,9-12H2. The Labute approximate surface area is 165 Å². The lowest BCUT2D eigenvalue weighted by atomic mass is 10.1. The van der Waals surface area contributed by atoms with Crippen molar-refractivity contribution in [3.63, 3.8) is 0 Å². The maximum Gasteiger partial charge on any atom is 0.416 e. The van der Waals surface area contributed by atoms with E-state index in [4.69, 9.17) is 0 Å². The molecular weight excluding hydrogens is 384 g/mol. The van der Waals surface area contributed by atoms with Crippen molar-refractivity contribution in [2.75, 3.05) is 36.0 Å². The molecule has 4 rings (SSSR count). The van der Waals surface area contributed by atoms with Crippen LogP contribution in [0.3, 0.4) is 0 Å². The smallest absolute Gasteiger partial charge is 0.368 e. The molecule has 0 unspecified atom stereocenters. The number of rotatable bonds is 3. The molecule has 1 aromatic heterocycles. The molecule has 3 aromatic rings. The number of hydrogen-bond acceptors (Lipinski definition) is 4. The lowest BCUT2D eigenvalue weighted by Gasteiger charge is -2.36. The van der Waals surface area contributed by atoms with E-state index in [1.807, 2.05) is 4.90 Å². The summed E-state index contributed by atoms with van der Waals surface area (Å²) in [6, 6.07) is 11.3. The van der Waals surface area contributed by atoms with E-state index in [1.165, 1.54) is 24.3 Å². The topological polar surface area (TPSA) is 32.3 Å². The molecule has 0 amide bonds. The Balaban J connectivity index is 1.43. The normalized spacial score (nSPS) is 14.9. The van der Waals surface area contributed by atoms with Gasteiger partial charge in [-0.3, -0.25) is 4.98 Å². The Morgan fingerprint density at radius 1 is 0.759 bits per heavy atom. The molecule has 1 fully saturated rings. The fraction of sp³-hybridized carbons (Fsp3) is 0.238. The third kappa shape index (κ3) is 4.31. The second kappa shape index (κ2) is 7.69. The van der Waals surface area contributed by atoms with Gasteiger partial charge in [-0.25, -0.2) is 9.37 Å². The molecule has 1 saturated heterocycles. The molecule has 8 heteroatoms. The zero-order valence-corrected chi connectivity index (χ0v) is 15.4. The highest BCUT2D eigenvalue weighted by molar-refractivity contribution is 5.60. The first-order chi connectivity index (χ1) is 13.9. The first-order valence-electron chi connectivity index (χ1n) is 9.15. The van der Waals surface area contributed by atoms with Crippen molar-refractivity contribution in [3.8, 4) is 11.3 Å². The van der Waals surface area contributed by atoms with Gasteiger partial charge in [0.2, 0.25) is 0 Å². The highest BCUT2D eigenvalue weighted by Gasteiger charge is 2.30. The predicted octanol–water partition coefficient (Wildman–Crippen LogP) is 4.63. The van der Waals surface area contributed by atoms with Crippen LogP contribution >= 0.6 is 0 Å². The molecule has 2 heterocycles. The second-order valence-electron chi connectivity index (χ2n) is 6.79. The van der Waals surface area contributed by atoms with E-state index in [0.29, 0.717) is 31.9 Å². The SMILES string of the molecule is Fc1ccc(-c2cncc(N3CCN(c4ccc(C(F)(F)F)cc4)CC3)n2)cc1. The quantitative estimate of drug-likeness (QED) is 0.598. The van der Waals surface area contributed by atoms with Gasteiger partial charge in [0.15, 0.2) is 0 Å². The van der Waals surface area contributed by atoms with Gasteiger partial charge in [0.1, 0.15) is 11.6 Å². The molecule has 0 saturated carbocycles. The van der Waals surface area contributed by atoms with Crippen molar-refractivity contribution in [3.05, 3.63) is 72.3 Å². The summed E-state index contributed by atoms with van der Waals surface area (Å²) in [6.45, 7) is 2.66. The molecule has 29 heavy (non-hydrogen) atoms. The lowest BCUT2D eigenvalue weighted by molar-refractivity contribution is -0.137. The lowest BCUT2D eigenvalue weighted by Crippen LogP contribution is -2.46. The second-order valence-corrected chi connectivity index (χ2v) is 6.79. The van der Waals surface area contributed by atoms with Crippen molar-refractivity contribution in [1.29, 1.82) is 0 Å². The van der Waals surface area contributed by atoms with Crippen molar-refractivity contribution >= 4 is 11.5 Å². The van der Waals surface area contributed by atoms with E-state index in [1.54, 1.807) is 24.5 Å². The molecule has 0 spiro atoms. The van der Waals surface area contributed by atoms with Crippen LogP contribution in [0.4, 0.5) is 29.1 Å². The minimum absolute atomic E-state index is 0.308. The van der Waals surface area contributed by atoms with Crippen molar-refractivity contribution in [2.24, 2.45) is 0 Å². The molecule has 0 aliphatic carbocycles. The van der Waals surface area contributed by atoms with Crippen LogP contribution in [-0.2, 0) is 6.18 Å². The van der Waals surface area contributed by atoms with Crippen LogP contribution in [0, 0.1) is 5.82 Å². The number of halogens is 4. The minimum atomic E-state index is -4.33. The Kier molecular flexibility index (Phi) is 5.08. The number of benzene rings is 2. The number of alkyl halides is 3. The monoisotopic (exact) mass is 402 g/mol. The van der Waals surface area contributed by atoms with Gasteiger partial charge in [-0.1, -0.05) is 0 Å². The van der Waals surface area contributed by atoms with Crippen LogP contribution in [0.5, 0.6) is 0 Å². The van der Waals surface area contributed by atoms with Crippen LogP contribution in [-0.4, -0.2) is 36.1 Å². The van der Waals surface area contributed by atoms with Crippen LogP contribution in [0.1, 0.15) is 5.56 Å². The van der Waals surface area contributed by atoms with Gasteiger partial charge >= 0.3 is 6.18 Å². The summed E-state index contributed by atoms with van der Waals surface area (Å²) in [5, 5.41) is 0. The summed E-state index contributed by atoms with van der Waals surface area (Å²) in [5.41, 5.74) is 1.56. The molecule has 2 aromatic carbocycles. The number of piperazine rings is 1. The van der Waals surface area contributed by atoms with E-state index < -0.39 is 11.7 Å².